The third-order valence-corrected chi connectivity index (χ3v) is 18.1. The van der Waals surface area contributed by atoms with Crippen LogP contribution in [0.25, 0.3) is 0 Å². The number of rotatable bonds is 35. The van der Waals surface area contributed by atoms with E-state index in [9.17, 15) is 47.6 Å². The van der Waals surface area contributed by atoms with Gasteiger partial charge in [-0.1, -0.05) is 12.1 Å². The first-order chi connectivity index (χ1) is 35.1. The topological polar surface area (TPSA) is 315 Å². The number of carbonyl (C=O) groups is 4. The van der Waals surface area contributed by atoms with Gasteiger partial charge in [0.2, 0.25) is 23.6 Å². The molecule has 0 saturated carbocycles. The molecule has 1 aromatic rings. The van der Waals surface area contributed by atoms with Crippen molar-refractivity contribution in [3.05, 3.63) is 39.9 Å². The fourth-order valence-corrected chi connectivity index (χ4v) is 13.1. The summed E-state index contributed by atoms with van der Waals surface area (Å²) < 4.78 is 96.3. The van der Waals surface area contributed by atoms with Crippen molar-refractivity contribution in [1.82, 2.24) is 40.9 Å². The molecule has 2 rings (SSSR count). The molecule has 1 atom stereocenters. The van der Waals surface area contributed by atoms with Crippen molar-refractivity contribution in [3.63, 3.8) is 0 Å². The molecule has 31 heteroatoms. The van der Waals surface area contributed by atoms with Crippen molar-refractivity contribution >= 4 is 59.7 Å². The minimum absolute atomic E-state index is 0.0546. The van der Waals surface area contributed by atoms with Crippen LogP contribution < -0.4 is 21.3 Å². The third-order valence-electron chi connectivity index (χ3n) is 10.7. The molecule has 1 aliphatic heterocycles. The van der Waals surface area contributed by atoms with Crippen molar-refractivity contribution in [2.75, 3.05) is 150 Å². The van der Waals surface area contributed by atoms with Gasteiger partial charge in [-0.3, -0.25) is 67.2 Å². The maximum absolute atomic E-state index is 14.0. The van der Waals surface area contributed by atoms with E-state index in [2.05, 4.69) is 21.3 Å². The predicted molar refractivity (Wildman–Crippen MR) is 277 cm³/mol. The van der Waals surface area contributed by atoms with Crippen LogP contribution in [0.1, 0.15) is 61.0 Å². The van der Waals surface area contributed by atoms with E-state index in [-0.39, 0.29) is 137 Å². The second-order valence-corrected chi connectivity index (χ2v) is 24.6. The van der Waals surface area contributed by atoms with Gasteiger partial charge in [0, 0.05) is 64.0 Å². The number of nitrogens with zero attached hydrogens (tertiary/aromatic N) is 5. The summed E-state index contributed by atoms with van der Waals surface area (Å²) in [5, 5.41) is 22.3. The molecule has 1 aliphatic rings. The molecule has 1 fully saturated rings. The van der Waals surface area contributed by atoms with Crippen molar-refractivity contribution in [1.29, 1.82) is 0 Å². The zero-order valence-corrected chi connectivity index (χ0v) is 47.8. The molecule has 1 heterocycles. The van der Waals surface area contributed by atoms with Gasteiger partial charge in [-0.2, -0.15) is 0 Å². The van der Waals surface area contributed by atoms with E-state index in [1.54, 1.807) is 82.2 Å². The maximum Gasteiger partial charge on any atom is 0.349 e. The highest BCUT2D eigenvalue weighted by Gasteiger charge is 2.32. The lowest BCUT2D eigenvalue weighted by molar-refractivity contribution is -0.384. The van der Waals surface area contributed by atoms with Gasteiger partial charge in [0.05, 0.1) is 84.0 Å². The van der Waals surface area contributed by atoms with Crippen LogP contribution in [0, 0.1) is 10.1 Å². The van der Waals surface area contributed by atoms with Gasteiger partial charge in [-0.25, -0.2) is 0 Å². The zero-order chi connectivity index (χ0) is 55.2. The molecule has 0 spiro atoms. The van der Waals surface area contributed by atoms with Gasteiger partial charge in [-0.15, -0.1) is 0 Å². The molecule has 74 heavy (non-hydrogen) atoms. The van der Waals surface area contributed by atoms with Crippen molar-refractivity contribution in [2.24, 2.45) is 0 Å². The fraction of sp³-hybridized carbons (Fsp3) is 0.767. The molecule has 4 amide bonds. The molecule has 0 aliphatic carbocycles. The smallest absolute Gasteiger partial charge is 0.343 e. The van der Waals surface area contributed by atoms with Crippen LogP contribution in [-0.2, 0) is 80.0 Å². The van der Waals surface area contributed by atoms with Crippen LogP contribution in [-0.4, -0.2) is 204 Å². The Morgan fingerprint density at radius 3 is 1.08 bits per heavy atom. The van der Waals surface area contributed by atoms with Gasteiger partial charge >= 0.3 is 30.4 Å². The Kier molecular flexibility index (Phi) is 32.1. The summed E-state index contributed by atoms with van der Waals surface area (Å²) in [6, 6.07) is 5.20. The van der Waals surface area contributed by atoms with E-state index in [1.807, 2.05) is 4.90 Å². The third kappa shape index (κ3) is 26.3. The van der Waals surface area contributed by atoms with Gasteiger partial charge in [-0.05, 0) is 67.4 Å². The Morgan fingerprint density at radius 1 is 0.486 bits per heavy atom. The fourth-order valence-electron chi connectivity index (χ4n) is 7.48. The Balaban J connectivity index is 2.75. The van der Waals surface area contributed by atoms with Crippen LogP contribution in [0.3, 0.4) is 0 Å². The minimum atomic E-state index is -3.74. The summed E-state index contributed by atoms with van der Waals surface area (Å²) in [6.07, 6.45) is -1.50. The second-order valence-electron chi connectivity index (χ2n) is 16.4. The number of amides is 4. The molecule has 0 radical (unpaired) electrons. The van der Waals surface area contributed by atoms with E-state index in [1.165, 1.54) is 12.1 Å². The van der Waals surface area contributed by atoms with Crippen LogP contribution in [0.2, 0.25) is 0 Å². The number of benzene rings is 1. The van der Waals surface area contributed by atoms with E-state index < -0.39 is 90.1 Å². The van der Waals surface area contributed by atoms with E-state index in [0.29, 0.717) is 5.56 Å². The Labute approximate surface area is 435 Å². The number of nitro groups is 1. The first kappa shape index (κ1) is 67.1. The summed E-state index contributed by atoms with van der Waals surface area (Å²) >= 11 is 0. The zero-order valence-electron chi connectivity index (χ0n) is 44.2. The monoisotopic (exact) mass is 1140 g/mol. The highest BCUT2D eigenvalue weighted by Crippen LogP contribution is 2.48. The second kappa shape index (κ2) is 35.4. The molecule has 27 nitrogen and oxygen atoms in total. The number of hydrogen-bond donors (Lipinski definition) is 4. The first-order valence-corrected chi connectivity index (χ1v) is 31.8. The van der Waals surface area contributed by atoms with E-state index in [0.717, 1.165) is 0 Å². The summed E-state index contributed by atoms with van der Waals surface area (Å²) in [5.41, 5.74) is 0.481. The van der Waals surface area contributed by atoms with Crippen molar-refractivity contribution in [3.8, 4) is 0 Å². The first-order valence-electron chi connectivity index (χ1n) is 24.9. The maximum atomic E-state index is 14.0. The van der Waals surface area contributed by atoms with Crippen molar-refractivity contribution < 1.29 is 78.6 Å². The normalized spacial score (nSPS) is 16.5. The van der Waals surface area contributed by atoms with Crippen molar-refractivity contribution in [2.45, 2.75) is 67.9 Å². The lowest BCUT2D eigenvalue weighted by atomic mass is 10.0. The quantitative estimate of drug-likeness (QED) is 0.0423. The molecule has 0 bridgehead atoms. The summed E-state index contributed by atoms with van der Waals surface area (Å²) in [4.78, 5) is 73.4. The molecule has 1 aromatic carbocycles. The van der Waals surface area contributed by atoms with Crippen LogP contribution in [0.15, 0.2) is 24.3 Å². The molecule has 0 unspecified atom stereocenters. The summed E-state index contributed by atoms with van der Waals surface area (Å²) in [5.74, 6) is -2.19. The summed E-state index contributed by atoms with van der Waals surface area (Å²) in [7, 11) is -14.8. The molecular formula is C43H81N9O18P4. The number of carbonyl (C=O) groups excluding carboxylic acids is 4. The Morgan fingerprint density at radius 2 is 0.770 bits per heavy atom. The summed E-state index contributed by atoms with van der Waals surface area (Å²) in [6.45, 7) is 13.4. The molecule has 4 N–H and O–H groups in total. The van der Waals surface area contributed by atoms with Gasteiger partial charge in [0.15, 0.2) is 0 Å². The number of hydrogen-bond acceptors (Lipinski definition) is 22. The van der Waals surface area contributed by atoms with Crippen LogP contribution in [0.5, 0.6) is 0 Å². The largest absolute Gasteiger partial charge is 0.349 e. The standard InChI is InChI=1S/C43H81N9O18P4/c1-9-63-71(59,64-10-2)33-44-40(53)29-48-21-22-49(30-41(54)45-34-72(60,65-11-3)66-12-4)25-26-51(32-43(56)47-36-74(62,69-15-7)70-16-8)39(27-37-17-19-38(20-18-37)52(57)58)28-50(24-23-48)31-42(55)46-35-73(61,67-13-5)68-14-6/h17-20,39H,9-16,21-36H2,1-8H3,(H,44,53)(H,45,54)(H,46,55)(H,47,56)/t39-/m0/s1. The van der Waals surface area contributed by atoms with Crippen LogP contribution >= 0.6 is 30.4 Å². The molecule has 1 saturated heterocycles. The van der Waals surface area contributed by atoms with Gasteiger partial charge < -0.3 is 57.5 Å². The molecule has 0 aromatic heterocycles. The van der Waals surface area contributed by atoms with E-state index in [4.69, 9.17) is 36.2 Å². The number of nitrogens with one attached hydrogen (secondary N) is 4. The van der Waals surface area contributed by atoms with Gasteiger partial charge in [0.25, 0.3) is 5.69 Å². The van der Waals surface area contributed by atoms with Crippen LogP contribution in [0.4, 0.5) is 5.69 Å². The lowest BCUT2D eigenvalue weighted by Crippen LogP contribution is -2.55. The lowest BCUT2D eigenvalue weighted by Gasteiger charge is -2.38. The number of nitro benzene ring substituents is 1. The van der Waals surface area contributed by atoms with Gasteiger partial charge in [0.1, 0.15) is 25.1 Å². The SMILES string of the molecule is CCOP(=O)(CNC(=O)CN1CCN(CC(=O)NCP(=O)(OCC)OCC)CCN(CC(=O)NCP(=O)(OCC)OCC)[C@@H](Cc2ccc([N+](=O)[O-])cc2)CN(CC(=O)NCP(=O)(OCC)OCC)CC1)OCC. The average Bonchev–Trinajstić information content (AvgIpc) is 3.33. The predicted octanol–water partition coefficient (Wildman–Crippen LogP) is 4.09. The highest BCUT2D eigenvalue weighted by molar-refractivity contribution is 7.54. The molecular weight excluding hydrogens is 1050 g/mol. The molecule has 426 valence electrons. The highest BCUT2D eigenvalue weighted by atomic mass is 31.2. The number of non-ortho nitro benzene ring substituents is 1. The average molecular weight is 1140 g/mol. The Hall–Kier alpha value is -3.06. The minimum Gasteiger partial charge on any atom is -0.343 e. The van der Waals surface area contributed by atoms with E-state index >= 15 is 0 Å². The Bertz CT molecular complexity index is 2040.